The molecule has 6 rings (SSSR count). The fourth-order valence-electron chi connectivity index (χ4n) is 7.19. The summed E-state index contributed by atoms with van der Waals surface area (Å²) in [5.41, 5.74) is -0.627. The number of anilines is 3. The van der Waals surface area contributed by atoms with E-state index in [4.69, 9.17) is 0 Å². The molecule has 0 saturated carbocycles. The number of carbonyl (C=O) groups is 3. The average Bonchev–Trinajstić information content (AvgIpc) is 3.27. The van der Waals surface area contributed by atoms with E-state index in [1.54, 1.807) is 13.0 Å². The highest BCUT2D eigenvalue weighted by atomic mass is 19.4. The number of likely N-dealkylation sites (N-methyl/N-ethyl adjacent to an activating group) is 1. The van der Waals surface area contributed by atoms with Crippen molar-refractivity contribution >= 4 is 34.9 Å². The summed E-state index contributed by atoms with van der Waals surface area (Å²) in [5, 5.41) is 3.27. The molecular formula is C30H35F4N7O3. The Kier molecular flexibility index (Phi) is 7.55. The molecule has 3 amide bonds. The van der Waals surface area contributed by atoms with Gasteiger partial charge in [0.15, 0.2) is 0 Å². The van der Waals surface area contributed by atoms with Gasteiger partial charge in [0.25, 0.3) is 0 Å². The Balaban J connectivity index is 1.32. The highest BCUT2D eigenvalue weighted by Gasteiger charge is 2.50. The van der Waals surface area contributed by atoms with Crippen LogP contribution in [0.1, 0.15) is 24.6 Å². The van der Waals surface area contributed by atoms with Gasteiger partial charge in [0.05, 0.1) is 22.5 Å². The fourth-order valence-corrected chi connectivity index (χ4v) is 7.19. The molecule has 44 heavy (non-hydrogen) atoms. The lowest BCUT2D eigenvalue weighted by Crippen LogP contribution is -2.77. The average molecular weight is 618 g/mol. The Bertz CT molecular complexity index is 1500. The summed E-state index contributed by atoms with van der Waals surface area (Å²) in [6, 6.07) is 5.03. The molecule has 4 aliphatic rings. The number of nitrogens with zero attached hydrogens (tertiary/aromatic N) is 6. The molecule has 3 fully saturated rings. The maximum absolute atomic E-state index is 15.6. The summed E-state index contributed by atoms with van der Waals surface area (Å²) < 4.78 is 56.6. The van der Waals surface area contributed by atoms with Gasteiger partial charge in [0.2, 0.25) is 17.7 Å². The molecule has 1 N–H and O–H groups in total. The van der Waals surface area contributed by atoms with Crippen molar-refractivity contribution in [3.05, 3.63) is 47.4 Å². The van der Waals surface area contributed by atoms with E-state index in [1.165, 1.54) is 31.0 Å². The van der Waals surface area contributed by atoms with Gasteiger partial charge in [-0.2, -0.15) is 13.2 Å². The minimum Gasteiger partial charge on any atom is -0.366 e. The van der Waals surface area contributed by atoms with Crippen molar-refractivity contribution in [3.63, 3.8) is 0 Å². The zero-order valence-electron chi connectivity index (χ0n) is 24.8. The second kappa shape index (κ2) is 11.0. The summed E-state index contributed by atoms with van der Waals surface area (Å²) >= 11 is 0. The van der Waals surface area contributed by atoms with E-state index in [9.17, 15) is 27.6 Å². The molecule has 1 spiro atoms. The predicted octanol–water partition coefficient (Wildman–Crippen LogP) is 2.26. The minimum absolute atomic E-state index is 0.0329. The highest BCUT2D eigenvalue weighted by Crippen LogP contribution is 2.41. The molecule has 0 aliphatic carbocycles. The maximum Gasteiger partial charge on any atom is 0.416 e. The lowest BCUT2D eigenvalue weighted by molar-refractivity contribution is -0.143. The predicted molar refractivity (Wildman–Crippen MR) is 155 cm³/mol. The Hall–Kier alpha value is -3.78. The quantitative estimate of drug-likeness (QED) is 0.527. The standard InChI is InChI=1S/C30H35F4N7O3/c1-18-11-21(30(32,33)34)13-24(36-18)41-25(43)12-20-14-39(27-22(31)5-4-6-23(27)37(3)28(44)26(20)41)9-7-38-8-10-40(19(2)42)29(17-38)15-35-16-29/h4-6,11,13,20,26,35H,7-10,12,14-17H2,1-3H3/t20-,26+/m1/s1. The molecule has 2 aromatic rings. The number of carbonyl (C=O) groups excluding carboxylic acids is 3. The second-order valence-electron chi connectivity index (χ2n) is 12.3. The summed E-state index contributed by atoms with van der Waals surface area (Å²) in [7, 11) is 1.49. The molecule has 236 valence electrons. The van der Waals surface area contributed by atoms with Crippen molar-refractivity contribution in [2.75, 3.05) is 74.1 Å². The van der Waals surface area contributed by atoms with Crippen LogP contribution in [-0.2, 0) is 20.6 Å². The number of alkyl halides is 3. The van der Waals surface area contributed by atoms with Gasteiger partial charge in [-0.15, -0.1) is 0 Å². The van der Waals surface area contributed by atoms with Crippen LogP contribution in [0.2, 0.25) is 0 Å². The van der Waals surface area contributed by atoms with E-state index in [0.29, 0.717) is 51.5 Å². The van der Waals surface area contributed by atoms with Gasteiger partial charge >= 0.3 is 6.18 Å². The number of aryl methyl sites for hydroxylation is 1. The van der Waals surface area contributed by atoms with Crippen LogP contribution in [0.25, 0.3) is 0 Å². The number of para-hydroxylation sites is 1. The second-order valence-corrected chi connectivity index (χ2v) is 12.3. The van der Waals surface area contributed by atoms with Gasteiger partial charge in [-0.1, -0.05) is 6.07 Å². The third-order valence-corrected chi connectivity index (χ3v) is 9.33. The van der Waals surface area contributed by atoms with Crippen molar-refractivity contribution in [2.45, 2.75) is 38.0 Å². The Morgan fingerprint density at radius 1 is 1.14 bits per heavy atom. The van der Waals surface area contributed by atoms with Crippen LogP contribution in [0.15, 0.2) is 30.3 Å². The Morgan fingerprint density at radius 3 is 2.55 bits per heavy atom. The van der Waals surface area contributed by atoms with Gasteiger partial charge in [0, 0.05) is 84.4 Å². The van der Waals surface area contributed by atoms with Gasteiger partial charge < -0.3 is 20.0 Å². The number of rotatable bonds is 4. The molecule has 2 atom stereocenters. The number of pyridine rings is 1. The summed E-state index contributed by atoms with van der Waals surface area (Å²) in [6.07, 6.45) is -4.77. The number of benzene rings is 1. The first kappa shape index (κ1) is 30.3. The van der Waals surface area contributed by atoms with Crippen molar-refractivity contribution in [2.24, 2.45) is 5.92 Å². The smallest absolute Gasteiger partial charge is 0.366 e. The number of nitrogens with one attached hydrogen (secondary N) is 1. The number of fused-ring (bicyclic) bond motifs is 2. The summed E-state index contributed by atoms with van der Waals surface area (Å²) in [4.78, 5) is 52.3. The van der Waals surface area contributed by atoms with Gasteiger partial charge in [-0.05, 0) is 31.2 Å². The molecule has 0 radical (unpaired) electrons. The summed E-state index contributed by atoms with van der Waals surface area (Å²) in [6.45, 7) is 7.32. The first-order valence-corrected chi connectivity index (χ1v) is 14.7. The van der Waals surface area contributed by atoms with Crippen molar-refractivity contribution in [3.8, 4) is 0 Å². The van der Waals surface area contributed by atoms with Crippen LogP contribution >= 0.6 is 0 Å². The SMILES string of the molecule is CC(=O)N1CCN(CCN2C[C@H]3CC(=O)N(c4cc(C(F)(F)F)cc(C)n4)[C@@H]3C(=O)N(C)c3cccc(F)c32)CC12CNC2. The molecule has 1 aromatic heterocycles. The molecule has 4 aliphatic heterocycles. The van der Waals surface area contributed by atoms with Crippen LogP contribution in [-0.4, -0.2) is 103 Å². The number of halogens is 4. The first-order chi connectivity index (χ1) is 20.8. The molecule has 0 bridgehead atoms. The van der Waals surface area contributed by atoms with Gasteiger partial charge in [-0.25, -0.2) is 9.37 Å². The fraction of sp³-hybridized carbons (Fsp3) is 0.533. The summed E-state index contributed by atoms with van der Waals surface area (Å²) in [5.74, 6) is -2.38. The maximum atomic E-state index is 15.6. The lowest BCUT2D eigenvalue weighted by atomic mass is 9.87. The number of piperazine rings is 1. The van der Waals surface area contributed by atoms with Crippen molar-refractivity contribution in [1.29, 1.82) is 0 Å². The Morgan fingerprint density at radius 2 is 1.89 bits per heavy atom. The van der Waals surface area contributed by atoms with Crippen LogP contribution in [0, 0.1) is 18.7 Å². The number of hydrogen-bond donors (Lipinski definition) is 1. The topological polar surface area (TPSA) is 92.3 Å². The zero-order valence-corrected chi connectivity index (χ0v) is 24.8. The Labute approximate surface area is 252 Å². The van der Waals surface area contributed by atoms with Crippen LogP contribution in [0.4, 0.5) is 34.8 Å². The highest BCUT2D eigenvalue weighted by molar-refractivity contribution is 6.10. The number of hydrogen-bond acceptors (Lipinski definition) is 7. The monoisotopic (exact) mass is 617 g/mol. The lowest BCUT2D eigenvalue weighted by Gasteiger charge is -2.56. The van der Waals surface area contributed by atoms with E-state index >= 15 is 4.39 Å². The molecule has 14 heteroatoms. The molecule has 10 nitrogen and oxygen atoms in total. The van der Waals surface area contributed by atoms with Gasteiger partial charge in [-0.3, -0.25) is 24.2 Å². The third-order valence-electron chi connectivity index (χ3n) is 9.33. The van der Waals surface area contributed by atoms with E-state index in [0.717, 1.165) is 17.0 Å². The molecule has 5 heterocycles. The molecule has 0 unspecified atom stereocenters. The van der Waals surface area contributed by atoms with Crippen LogP contribution < -0.4 is 20.0 Å². The third kappa shape index (κ3) is 5.17. The number of amides is 3. The molecular weight excluding hydrogens is 582 g/mol. The minimum atomic E-state index is -4.66. The van der Waals surface area contributed by atoms with E-state index in [-0.39, 0.29) is 41.6 Å². The normalized spacial score (nSPS) is 23.8. The van der Waals surface area contributed by atoms with Crippen molar-refractivity contribution < 1.29 is 31.9 Å². The van der Waals surface area contributed by atoms with Gasteiger partial charge in [0.1, 0.15) is 17.7 Å². The molecule has 1 aromatic carbocycles. The van der Waals surface area contributed by atoms with Crippen LogP contribution in [0.3, 0.4) is 0 Å². The first-order valence-electron chi connectivity index (χ1n) is 14.7. The zero-order chi connectivity index (χ0) is 31.6. The van der Waals surface area contributed by atoms with E-state index in [1.807, 2.05) is 9.80 Å². The van der Waals surface area contributed by atoms with Crippen LogP contribution in [0.5, 0.6) is 0 Å². The molecule has 3 saturated heterocycles. The van der Waals surface area contributed by atoms with Crippen molar-refractivity contribution in [1.82, 2.24) is 20.1 Å². The van der Waals surface area contributed by atoms with E-state index < -0.39 is 41.3 Å². The van der Waals surface area contributed by atoms with E-state index in [2.05, 4.69) is 15.2 Å². The largest absolute Gasteiger partial charge is 0.416 e. The number of aromatic nitrogens is 1.